The van der Waals surface area contributed by atoms with Gasteiger partial charge in [-0.1, -0.05) is 36.4 Å². The van der Waals surface area contributed by atoms with Crippen LogP contribution in [0.5, 0.6) is 0 Å². The van der Waals surface area contributed by atoms with E-state index in [1.807, 2.05) is 30.3 Å². The number of amides is 1. The minimum atomic E-state index is -4.56. The van der Waals surface area contributed by atoms with Gasteiger partial charge in [0.25, 0.3) is 10.1 Å². The Balaban J connectivity index is 2.13. The third-order valence-electron chi connectivity index (χ3n) is 4.08. The number of hydrogen-bond acceptors (Lipinski definition) is 5. The molecule has 0 bridgehead atoms. The van der Waals surface area contributed by atoms with Crippen LogP contribution in [0.15, 0.2) is 58.3 Å². The molecule has 0 fully saturated rings. The Bertz CT molecular complexity index is 1030. The standard InChI is InChI=1S/C18H21NO6S2/c1-13-8-10-16(12-17(13)27(23,24)25)26(21,22)14(2)19-18(20)11-9-15-6-4-3-5-7-15/h3-8,10,12,14H,9,11H2,1-2H3,(H,19,20)(H,23,24,25). The number of hydrogen-bond donors (Lipinski definition) is 2. The van der Waals surface area contributed by atoms with Crippen molar-refractivity contribution in [3.63, 3.8) is 0 Å². The van der Waals surface area contributed by atoms with Crippen LogP contribution in [0.4, 0.5) is 0 Å². The third-order valence-corrected chi connectivity index (χ3v) is 7.03. The highest BCUT2D eigenvalue weighted by Crippen LogP contribution is 2.22. The summed E-state index contributed by atoms with van der Waals surface area (Å²) in [6.07, 6.45) is 0.588. The van der Waals surface area contributed by atoms with Crippen LogP contribution in [0.2, 0.25) is 0 Å². The molecule has 0 aliphatic carbocycles. The molecule has 0 aliphatic rings. The molecular formula is C18H21NO6S2. The fourth-order valence-corrected chi connectivity index (χ4v) is 4.58. The number of carbonyl (C=O) groups is 1. The zero-order valence-corrected chi connectivity index (χ0v) is 16.5. The van der Waals surface area contributed by atoms with E-state index in [9.17, 15) is 26.2 Å². The molecule has 0 aromatic heterocycles. The van der Waals surface area contributed by atoms with E-state index in [1.54, 1.807) is 0 Å². The quantitative estimate of drug-likeness (QED) is 0.674. The van der Waals surface area contributed by atoms with Gasteiger partial charge in [0.2, 0.25) is 5.91 Å². The monoisotopic (exact) mass is 411 g/mol. The summed E-state index contributed by atoms with van der Waals surface area (Å²) in [4.78, 5) is 11.3. The van der Waals surface area contributed by atoms with E-state index in [0.29, 0.717) is 6.42 Å². The molecular weight excluding hydrogens is 390 g/mol. The van der Waals surface area contributed by atoms with Gasteiger partial charge in [0.1, 0.15) is 5.37 Å². The summed E-state index contributed by atoms with van der Waals surface area (Å²) < 4.78 is 57.3. The molecule has 9 heteroatoms. The number of sulfone groups is 1. The van der Waals surface area contributed by atoms with Gasteiger partial charge in [0.05, 0.1) is 9.79 Å². The lowest BCUT2D eigenvalue weighted by Gasteiger charge is -2.16. The van der Waals surface area contributed by atoms with E-state index in [2.05, 4.69) is 5.32 Å². The van der Waals surface area contributed by atoms with Crippen LogP contribution in [0.1, 0.15) is 24.5 Å². The fourth-order valence-electron chi connectivity index (χ4n) is 2.52. The van der Waals surface area contributed by atoms with Gasteiger partial charge in [-0.3, -0.25) is 9.35 Å². The van der Waals surface area contributed by atoms with Crippen molar-refractivity contribution in [2.45, 2.75) is 41.9 Å². The highest BCUT2D eigenvalue weighted by molar-refractivity contribution is 7.92. The van der Waals surface area contributed by atoms with Crippen LogP contribution in [-0.4, -0.2) is 32.7 Å². The molecule has 0 heterocycles. The molecule has 0 saturated carbocycles. The summed E-state index contributed by atoms with van der Waals surface area (Å²) >= 11 is 0. The molecule has 1 atom stereocenters. The first-order chi connectivity index (χ1) is 12.5. The number of aryl methyl sites for hydroxylation is 2. The van der Waals surface area contributed by atoms with Gasteiger partial charge in [-0.15, -0.1) is 0 Å². The van der Waals surface area contributed by atoms with Gasteiger partial charge >= 0.3 is 0 Å². The molecule has 2 rings (SSSR count). The molecule has 27 heavy (non-hydrogen) atoms. The summed E-state index contributed by atoms with van der Waals surface area (Å²) in [6, 6.07) is 12.7. The Morgan fingerprint density at radius 3 is 2.30 bits per heavy atom. The Labute approximate surface area is 159 Å². The van der Waals surface area contributed by atoms with E-state index in [1.165, 1.54) is 26.0 Å². The van der Waals surface area contributed by atoms with E-state index >= 15 is 0 Å². The summed E-state index contributed by atoms with van der Waals surface area (Å²) in [7, 11) is -8.58. The van der Waals surface area contributed by atoms with Crippen LogP contribution < -0.4 is 5.32 Å². The highest BCUT2D eigenvalue weighted by atomic mass is 32.2. The second-order valence-corrected chi connectivity index (χ2v) is 9.80. The highest BCUT2D eigenvalue weighted by Gasteiger charge is 2.27. The van der Waals surface area contributed by atoms with Gasteiger partial charge in [-0.2, -0.15) is 8.42 Å². The minimum Gasteiger partial charge on any atom is -0.339 e. The smallest absolute Gasteiger partial charge is 0.294 e. The largest absolute Gasteiger partial charge is 0.339 e. The average molecular weight is 412 g/mol. The summed E-state index contributed by atoms with van der Waals surface area (Å²) in [5, 5.41) is 1.17. The van der Waals surface area contributed by atoms with Crippen LogP contribution in [0.3, 0.4) is 0 Å². The Morgan fingerprint density at radius 1 is 1.07 bits per heavy atom. The molecule has 0 saturated heterocycles. The van der Waals surface area contributed by atoms with Crippen molar-refractivity contribution in [2.24, 2.45) is 0 Å². The Kier molecular flexibility index (Phi) is 6.40. The van der Waals surface area contributed by atoms with Crippen LogP contribution in [0, 0.1) is 6.92 Å². The molecule has 0 radical (unpaired) electrons. The normalized spacial score (nSPS) is 13.1. The maximum atomic E-state index is 12.6. The molecule has 7 nitrogen and oxygen atoms in total. The molecule has 2 N–H and O–H groups in total. The lowest BCUT2D eigenvalue weighted by Crippen LogP contribution is -2.38. The zero-order chi connectivity index (χ0) is 20.2. The maximum absolute atomic E-state index is 12.6. The van der Waals surface area contributed by atoms with Crippen LogP contribution in [-0.2, 0) is 31.2 Å². The average Bonchev–Trinajstić information content (AvgIpc) is 2.60. The van der Waals surface area contributed by atoms with Gasteiger partial charge in [0.15, 0.2) is 9.84 Å². The van der Waals surface area contributed by atoms with E-state index in [0.717, 1.165) is 11.6 Å². The third kappa shape index (κ3) is 5.38. The predicted molar refractivity (Wildman–Crippen MR) is 101 cm³/mol. The zero-order valence-electron chi connectivity index (χ0n) is 14.9. The topological polar surface area (TPSA) is 118 Å². The van der Waals surface area contributed by atoms with Crippen molar-refractivity contribution in [1.82, 2.24) is 5.32 Å². The van der Waals surface area contributed by atoms with Gasteiger partial charge in [-0.25, -0.2) is 8.42 Å². The van der Waals surface area contributed by atoms with Gasteiger partial charge in [0, 0.05) is 6.42 Å². The molecule has 146 valence electrons. The molecule has 0 spiro atoms. The fraction of sp³-hybridized carbons (Fsp3) is 0.278. The van der Waals surface area contributed by atoms with Crippen molar-refractivity contribution in [3.8, 4) is 0 Å². The van der Waals surface area contributed by atoms with Crippen LogP contribution in [0.25, 0.3) is 0 Å². The Hall–Kier alpha value is -2.23. The van der Waals surface area contributed by atoms with Crippen molar-refractivity contribution < 1.29 is 26.2 Å². The number of nitrogens with one attached hydrogen (secondary N) is 1. The van der Waals surface area contributed by atoms with Crippen molar-refractivity contribution >= 4 is 25.9 Å². The van der Waals surface area contributed by atoms with Gasteiger partial charge in [-0.05, 0) is 43.5 Å². The van der Waals surface area contributed by atoms with Crippen LogP contribution >= 0.6 is 0 Å². The number of rotatable bonds is 7. The molecule has 0 aliphatic heterocycles. The molecule has 2 aromatic carbocycles. The van der Waals surface area contributed by atoms with E-state index < -0.39 is 36.1 Å². The maximum Gasteiger partial charge on any atom is 0.294 e. The van der Waals surface area contributed by atoms with Crippen molar-refractivity contribution in [3.05, 3.63) is 59.7 Å². The molecule has 1 unspecified atom stereocenters. The summed E-state index contributed by atoms with van der Waals surface area (Å²) in [5.74, 6) is -0.433. The van der Waals surface area contributed by atoms with E-state index in [4.69, 9.17) is 0 Å². The number of carbonyl (C=O) groups excluding carboxylic acids is 1. The van der Waals surface area contributed by atoms with Crippen molar-refractivity contribution in [2.75, 3.05) is 0 Å². The summed E-state index contributed by atoms with van der Waals surface area (Å²) in [6.45, 7) is 2.75. The minimum absolute atomic E-state index is 0.119. The molecule has 2 aromatic rings. The molecule has 1 amide bonds. The number of benzene rings is 2. The first-order valence-corrected chi connectivity index (χ1v) is 11.2. The predicted octanol–water partition coefficient (Wildman–Crippen LogP) is 2.11. The van der Waals surface area contributed by atoms with E-state index in [-0.39, 0.29) is 16.9 Å². The van der Waals surface area contributed by atoms with Crippen molar-refractivity contribution in [1.29, 1.82) is 0 Å². The lowest BCUT2D eigenvalue weighted by atomic mass is 10.1. The van der Waals surface area contributed by atoms with Gasteiger partial charge < -0.3 is 5.32 Å². The summed E-state index contributed by atoms with van der Waals surface area (Å²) in [5.41, 5.74) is 1.18. The first-order valence-electron chi connectivity index (χ1n) is 8.17. The second-order valence-electron chi connectivity index (χ2n) is 6.14. The Morgan fingerprint density at radius 2 is 1.70 bits per heavy atom. The first kappa shape index (κ1) is 21.1. The second kappa shape index (κ2) is 8.20. The lowest BCUT2D eigenvalue weighted by molar-refractivity contribution is -0.121. The SMILES string of the molecule is Cc1ccc(S(=O)(=O)C(C)NC(=O)CCc2ccccc2)cc1S(=O)(=O)O.